The summed E-state index contributed by atoms with van der Waals surface area (Å²) in [5, 5.41) is 4.57. The van der Waals surface area contributed by atoms with Crippen molar-refractivity contribution in [3.63, 3.8) is 0 Å². The number of rotatable bonds is 8. The van der Waals surface area contributed by atoms with Crippen molar-refractivity contribution in [1.82, 2.24) is 15.0 Å². The molecule has 0 saturated carbocycles. The summed E-state index contributed by atoms with van der Waals surface area (Å²) in [5.74, 6) is 0. The molecule has 0 aliphatic carbocycles. The summed E-state index contributed by atoms with van der Waals surface area (Å²) in [6.45, 7) is 14.8. The average molecular weight is 692 g/mol. The molecular formula is C39H47Cl3N5+. The van der Waals surface area contributed by atoms with E-state index in [9.17, 15) is 0 Å². The van der Waals surface area contributed by atoms with Crippen molar-refractivity contribution in [1.29, 1.82) is 0 Å². The maximum Gasteiger partial charge on any atom is 0.238 e. The Balaban J connectivity index is 0.00000200. The number of nitrogens with zero attached hydrogens (tertiary/aromatic N) is 5. The van der Waals surface area contributed by atoms with Gasteiger partial charge in [-0.05, 0) is 117 Å². The van der Waals surface area contributed by atoms with Crippen LogP contribution in [0.15, 0.2) is 97.5 Å². The summed E-state index contributed by atoms with van der Waals surface area (Å²) < 4.78 is 1.99. The highest BCUT2D eigenvalue weighted by atomic mass is 35.5. The molecule has 1 aliphatic heterocycles. The third-order valence-corrected chi connectivity index (χ3v) is 9.24. The molecule has 0 bridgehead atoms. The van der Waals surface area contributed by atoms with E-state index in [2.05, 4.69) is 135 Å². The van der Waals surface area contributed by atoms with E-state index in [1.165, 1.54) is 50.2 Å². The molecule has 1 fully saturated rings. The lowest BCUT2D eigenvalue weighted by Crippen LogP contribution is -2.45. The van der Waals surface area contributed by atoms with E-state index in [-0.39, 0.29) is 37.2 Å². The van der Waals surface area contributed by atoms with Crippen LogP contribution in [0, 0.1) is 34.6 Å². The first kappa shape index (κ1) is 38.0. The van der Waals surface area contributed by atoms with Crippen molar-refractivity contribution in [2.24, 2.45) is 0 Å². The molecule has 0 radical (unpaired) electrons. The van der Waals surface area contributed by atoms with Gasteiger partial charge in [-0.2, -0.15) is 0 Å². The lowest BCUT2D eigenvalue weighted by Gasteiger charge is -2.40. The van der Waals surface area contributed by atoms with Gasteiger partial charge in [-0.3, -0.25) is 9.88 Å². The third kappa shape index (κ3) is 9.33. The number of pyridine rings is 1. The summed E-state index contributed by atoms with van der Waals surface area (Å²) in [6, 6.07) is 29.2. The molecule has 3 aromatic carbocycles. The Hall–Kier alpha value is -3.48. The highest BCUT2D eigenvalue weighted by Crippen LogP contribution is 2.29. The number of hydrogen-bond donors (Lipinski definition) is 0. The number of aryl methyl sites for hydroxylation is 4. The van der Waals surface area contributed by atoms with Crippen LogP contribution in [0.2, 0.25) is 0 Å². The molecule has 0 amide bonds. The van der Waals surface area contributed by atoms with E-state index in [0.29, 0.717) is 6.04 Å². The minimum atomic E-state index is 0. The summed E-state index contributed by atoms with van der Waals surface area (Å²) in [7, 11) is 0. The van der Waals surface area contributed by atoms with E-state index in [1.807, 2.05) is 17.1 Å². The van der Waals surface area contributed by atoms with Gasteiger partial charge in [0, 0.05) is 67.4 Å². The molecule has 0 N–H and O–H groups in total. The summed E-state index contributed by atoms with van der Waals surface area (Å²) >= 11 is 0. The second-order valence-corrected chi connectivity index (χ2v) is 12.6. The topological polar surface area (TPSA) is 36.1 Å². The predicted octanol–water partition coefficient (Wildman–Crippen LogP) is 8.90. The fourth-order valence-corrected chi connectivity index (χ4v) is 6.29. The van der Waals surface area contributed by atoms with Gasteiger partial charge >= 0.3 is 0 Å². The molecule has 6 rings (SSSR count). The molecule has 1 aliphatic rings. The maximum atomic E-state index is 4.77. The number of hydrogen-bond acceptors (Lipinski definition) is 4. The molecule has 0 atom stereocenters. The smallest absolute Gasteiger partial charge is 0.238 e. The first-order valence-corrected chi connectivity index (χ1v) is 15.8. The maximum absolute atomic E-state index is 4.77. The summed E-state index contributed by atoms with van der Waals surface area (Å²) in [6.07, 6.45) is 8.33. The molecule has 5 nitrogen and oxygen atoms in total. The lowest BCUT2D eigenvalue weighted by molar-refractivity contribution is -0.660. The largest absolute Gasteiger partial charge is 0.364 e. The van der Waals surface area contributed by atoms with E-state index in [1.54, 1.807) is 0 Å². The van der Waals surface area contributed by atoms with Gasteiger partial charge in [0.25, 0.3) is 0 Å². The van der Waals surface area contributed by atoms with Gasteiger partial charge in [0.05, 0.1) is 11.9 Å². The Morgan fingerprint density at radius 1 is 0.723 bits per heavy atom. The van der Waals surface area contributed by atoms with E-state index >= 15 is 0 Å². The van der Waals surface area contributed by atoms with Crippen molar-refractivity contribution in [3.05, 3.63) is 136 Å². The number of benzene rings is 3. The lowest BCUT2D eigenvalue weighted by atomic mass is 9.97. The quantitative estimate of drug-likeness (QED) is 0.152. The Morgan fingerprint density at radius 2 is 1.32 bits per heavy atom. The van der Waals surface area contributed by atoms with Gasteiger partial charge < -0.3 is 4.90 Å². The van der Waals surface area contributed by atoms with Crippen molar-refractivity contribution in [3.8, 4) is 16.9 Å². The van der Waals surface area contributed by atoms with Gasteiger partial charge in [-0.1, -0.05) is 40.1 Å². The van der Waals surface area contributed by atoms with Gasteiger partial charge in [-0.25, -0.2) is 0 Å². The van der Waals surface area contributed by atoms with E-state index in [0.717, 1.165) is 50.4 Å². The molecule has 47 heavy (non-hydrogen) atoms. The van der Waals surface area contributed by atoms with Crippen LogP contribution in [0.1, 0.15) is 51.8 Å². The summed E-state index contributed by atoms with van der Waals surface area (Å²) in [5.41, 5.74) is 13.8. The van der Waals surface area contributed by atoms with Crippen molar-refractivity contribution in [2.45, 2.75) is 66.6 Å². The van der Waals surface area contributed by atoms with Crippen LogP contribution in [0.3, 0.4) is 0 Å². The van der Waals surface area contributed by atoms with Crippen molar-refractivity contribution in [2.75, 3.05) is 18.0 Å². The van der Waals surface area contributed by atoms with Crippen LogP contribution in [0.5, 0.6) is 0 Å². The summed E-state index contributed by atoms with van der Waals surface area (Å²) in [4.78, 5) is 9.99. The molecule has 248 valence electrons. The Kier molecular flexibility index (Phi) is 13.8. The van der Waals surface area contributed by atoms with Crippen LogP contribution in [0.4, 0.5) is 5.69 Å². The molecule has 8 heteroatoms. The van der Waals surface area contributed by atoms with Crippen molar-refractivity contribution >= 4 is 42.9 Å². The molecule has 1 saturated heterocycles. The van der Waals surface area contributed by atoms with Crippen LogP contribution in [-0.4, -0.2) is 34.1 Å². The fourth-order valence-electron chi connectivity index (χ4n) is 6.29. The van der Waals surface area contributed by atoms with Gasteiger partial charge in [0.15, 0.2) is 0 Å². The predicted molar refractivity (Wildman–Crippen MR) is 202 cm³/mol. The number of aromatic nitrogens is 3. The molecule has 0 unspecified atom stereocenters. The number of halogens is 3. The van der Waals surface area contributed by atoms with Crippen LogP contribution >= 0.6 is 37.2 Å². The first-order chi connectivity index (χ1) is 21.3. The Bertz CT molecular complexity index is 1710. The van der Waals surface area contributed by atoms with Gasteiger partial charge in [-0.15, -0.1) is 37.2 Å². The zero-order valence-corrected chi connectivity index (χ0v) is 30.5. The van der Waals surface area contributed by atoms with Crippen LogP contribution in [-0.2, 0) is 13.1 Å². The second kappa shape index (κ2) is 17.1. The number of likely N-dealkylation sites (tertiary alicyclic amines) is 1. The SMILES string of the molecule is Cc1ccc(N(Cc2ccnc(-c3cc(C)c(C)c(C)c3)c2)C2CCN(Cc3ccn[n+](-c4ccc(C)cc4)c3)CC2)cc1.Cl.Cl.Cl. The fraction of sp³-hybridized carbons (Fsp3) is 0.308. The van der Waals surface area contributed by atoms with Crippen molar-refractivity contribution < 1.29 is 4.68 Å². The molecular weight excluding hydrogens is 645 g/mol. The normalized spacial score (nSPS) is 13.2. The minimum absolute atomic E-state index is 0. The molecule has 3 heterocycles. The third-order valence-electron chi connectivity index (χ3n) is 9.24. The molecule has 5 aromatic rings. The zero-order valence-electron chi connectivity index (χ0n) is 28.0. The number of anilines is 1. The zero-order chi connectivity index (χ0) is 30.6. The van der Waals surface area contributed by atoms with Crippen LogP contribution in [0.25, 0.3) is 16.9 Å². The molecule has 2 aromatic heterocycles. The standard InChI is InChI=1S/C39H44N5.3ClH/c1-28-6-10-36(11-7-28)43(26-33-14-18-40-39(24-33)35-22-30(3)32(5)31(4)23-35)37-16-20-42(21-17-37)25-34-15-19-41-44(27-34)38-12-8-29(2)9-13-38;;;/h6-15,18-19,22-24,27,37H,16-17,20-21,25-26H2,1-5H3;3*1H/q+1;;;. The minimum Gasteiger partial charge on any atom is -0.364 e. The number of piperidine rings is 1. The van der Waals surface area contributed by atoms with Crippen LogP contribution < -0.4 is 9.58 Å². The monoisotopic (exact) mass is 690 g/mol. The highest BCUT2D eigenvalue weighted by molar-refractivity contribution is 5.86. The average Bonchev–Trinajstić information content (AvgIpc) is 3.04. The van der Waals surface area contributed by atoms with Gasteiger partial charge in [0.1, 0.15) is 0 Å². The second-order valence-electron chi connectivity index (χ2n) is 12.6. The van der Waals surface area contributed by atoms with Gasteiger partial charge in [0.2, 0.25) is 11.9 Å². The van der Waals surface area contributed by atoms with E-state index in [4.69, 9.17) is 4.98 Å². The molecule has 0 spiro atoms. The first-order valence-electron chi connectivity index (χ1n) is 15.8. The van der Waals surface area contributed by atoms with E-state index < -0.39 is 0 Å². The Morgan fingerprint density at radius 3 is 1.96 bits per heavy atom. The Labute approximate surface area is 299 Å². The highest BCUT2D eigenvalue weighted by Gasteiger charge is 2.26.